The van der Waals surface area contributed by atoms with E-state index in [4.69, 9.17) is 5.73 Å². The number of pyridine rings is 1. The van der Waals surface area contributed by atoms with Crippen LogP contribution in [0.2, 0.25) is 0 Å². The zero-order valence-electron chi connectivity index (χ0n) is 10.9. The molecule has 2 atom stereocenters. The minimum absolute atomic E-state index is 0.0587. The second kappa shape index (κ2) is 5.48. The van der Waals surface area contributed by atoms with E-state index in [0.717, 1.165) is 24.9 Å². The highest BCUT2D eigenvalue weighted by atomic mass is 16.2. The van der Waals surface area contributed by atoms with E-state index in [9.17, 15) is 4.79 Å². The first-order valence-corrected chi connectivity index (χ1v) is 6.60. The molecule has 0 radical (unpaired) electrons. The van der Waals surface area contributed by atoms with Gasteiger partial charge in [-0.3, -0.25) is 9.78 Å². The molecule has 1 saturated carbocycles. The lowest BCUT2D eigenvalue weighted by Gasteiger charge is -2.40. The van der Waals surface area contributed by atoms with E-state index in [1.54, 1.807) is 24.5 Å². The smallest absolute Gasteiger partial charge is 0.232 e. The van der Waals surface area contributed by atoms with Crippen molar-refractivity contribution < 1.29 is 4.79 Å². The molecule has 1 amide bonds. The molecule has 1 fully saturated rings. The van der Waals surface area contributed by atoms with Crippen LogP contribution in [-0.2, 0) is 4.79 Å². The van der Waals surface area contributed by atoms with E-state index >= 15 is 0 Å². The van der Waals surface area contributed by atoms with Crippen LogP contribution in [0.3, 0.4) is 0 Å². The largest absolute Gasteiger partial charge is 0.329 e. The van der Waals surface area contributed by atoms with Crippen LogP contribution in [0.1, 0.15) is 32.6 Å². The Bertz CT molecular complexity index is 407. The maximum absolute atomic E-state index is 12.5. The summed E-state index contributed by atoms with van der Waals surface area (Å²) in [7, 11) is 0. The van der Waals surface area contributed by atoms with Gasteiger partial charge in [-0.05, 0) is 30.9 Å². The highest BCUT2D eigenvalue weighted by molar-refractivity contribution is 5.95. The van der Waals surface area contributed by atoms with Crippen LogP contribution >= 0.6 is 0 Å². The second-order valence-electron chi connectivity index (χ2n) is 5.20. The minimum Gasteiger partial charge on any atom is -0.329 e. The summed E-state index contributed by atoms with van der Waals surface area (Å²) in [5.74, 6) is 0.404. The lowest BCUT2D eigenvalue weighted by Crippen LogP contribution is -2.48. The van der Waals surface area contributed by atoms with Gasteiger partial charge in [0.15, 0.2) is 0 Å². The van der Waals surface area contributed by atoms with Crippen LogP contribution in [0.15, 0.2) is 24.5 Å². The number of amides is 1. The third kappa shape index (κ3) is 2.38. The molecule has 2 unspecified atom stereocenters. The first-order chi connectivity index (χ1) is 8.69. The van der Waals surface area contributed by atoms with Crippen molar-refractivity contribution in [2.24, 2.45) is 17.1 Å². The Labute approximate surface area is 108 Å². The van der Waals surface area contributed by atoms with E-state index in [1.807, 2.05) is 0 Å². The molecule has 18 heavy (non-hydrogen) atoms. The number of nitrogens with zero attached hydrogens (tertiary/aromatic N) is 1. The summed E-state index contributed by atoms with van der Waals surface area (Å²) < 4.78 is 0. The van der Waals surface area contributed by atoms with Crippen LogP contribution in [0.5, 0.6) is 0 Å². The van der Waals surface area contributed by atoms with Crippen molar-refractivity contribution in [2.75, 3.05) is 11.9 Å². The summed E-state index contributed by atoms with van der Waals surface area (Å²) in [6.07, 6.45) is 7.61. The Hall–Kier alpha value is -1.42. The van der Waals surface area contributed by atoms with Gasteiger partial charge in [0.05, 0.1) is 5.41 Å². The number of hydrogen-bond acceptors (Lipinski definition) is 3. The van der Waals surface area contributed by atoms with Crippen LogP contribution in [0.4, 0.5) is 5.69 Å². The topological polar surface area (TPSA) is 68.0 Å². The van der Waals surface area contributed by atoms with Crippen LogP contribution in [0, 0.1) is 11.3 Å². The Balaban J connectivity index is 2.15. The highest BCUT2D eigenvalue weighted by Crippen LogP contribution is 2.41. The molecule has 1 heterocycles. The number of carbonyl (C=O) groups is 1. The van der Waals surface area contributed by atoms with Gasteiger partial charge in [-0.2, -0.15) is 0 Å². The summed E-state index contributed by atoms with van der Waals surface area (Å²) in [6.45, 7) is 2.56. The average Bonchev–Trinajstić information content (AvgIpc) is 2.40. The molecule has 1 aromatic rings. The number of rotatable bonds is 3. The van der Waals surface area contributed by atoms with E-state index in [1.165, 1.54) is 6.42 Å². The number of carbonyl (C=O) groups excluding carboxylic acids is 1. The fourth-order valence-electron chi connectivity index (χ4n) is 2.84. The van der Waals surface area contributed by atoms with Gasteiger partial charge in [-0.25, -0.2) is 0 Å². The van der Waals surface area contributed by atoms with Gasteiger partial charge in [0.25, 0.3) is 0 Å². The SMILES string of the molecule is CC1CCCCC1(CN)C(=O)Nc1ccncc1. The van der Waals surface area contributed by atoms with Crippen molar-refractivity contribution in [1.29, 1.82) is 0 Å². The number of aromatic nitrogens is 1. The Morgan fingerprint density at radius 1 is 1.50 bits per heavy atom. The fourth-order valence-corrected chi connectivity index (χ4v) is 2.84. The third-order valence-electron chi connectivity index (χ3n) is 4.21. The molecule has 0 spiro atoms. The van der Waals surface area contributed by atoms with Gasteiger partial charge >= 0.3 is 0 Å². The molecule has 4 heteroatoms. The molecule has 0 saturated heterocycles. The van der Waals surface area contributed by atoms with Gasteiger partial charge in [-0.1, -0.05) is 19.8 Å². The van der Waals surface area contributed by atoms with Crippen molar-refractivity contribution in [3.8, 4) is 0 Å². The van der Waals surface area contributed by atoms with E-state index in [-0.39, 0.29) is 5.91 Å². The van der Waals surface area contributed by atoms with Gasteiger partial charge in [0.1, 0.15) is 0 Å². The van der Waals surface area contributed by atoms with Crippen molar-refractivity contribution in [1.82, 2.24) is 4.98 Å². The first kappa shape index (κ1) is 13.0. The maximum Gasteiger partial charge on any atom is 0.232 e. The summed E-state index contributed by atoms with van der Waals surface area (Å²) in [5, 5.41) is 2.97. The van der Waals surface area contributed by atoms with Crippen LogP contribution in [0.25, 0.3) is 0 Å². The quantitative estimate of drug-likeness (QED) is 0.860. The average molecular weight is 247 g/mol. The van der Waals surface area contributed by atoms with E-state index in [2.05, 4.69) is 17.2 Å². The fraction of sp³-hybridized carbons (Fsp3) is 0.571. The van der Waals surface area contributed by atoms with Gasteiger partial charge in [0, 0.05) is 24.6 Å². The highest BCUT2D eigenvalue weighted by Gasteiger charge is 2.43. The predicted octanol–water partition coefficient (Wildman–Crippen LogP) is 2.18. The van der Waals surface area contributed by atoms with Crippen molar-refractivity contribution >= 4 is 11.6 Å². The van der Waals surface area contributed by atoms with Crippen molar-refractivity contribution in [2.45, 2.75) is 32.6 Å². The van der Waals surface area contributed by atoms with Gasteiger partial charge in [0.2, 0.25) is 5.91 Å². The molecule has 3 N–H and O–H groups in total. The molecular formula is C14H21N3O. The number of anilines is 1. The molecule has 2 rings (SSSR count). The molecule has 4 nitrogen and oxygen atoms in total. The van der Waals surface area contributed by atoms with Crippen LogP contribution in [-0.4, -0.2) is 17.4 Å². The molecule has 1 aliphatic carbocycles. The summed E-state index contributed by atoms with van der Waals surface area (Å²) in [5.41, 5.74) is 6.30. The number of nitrogens with two attached hydrogens (primary N) is 1. The number of hydrogen-bond donors (Lipinski definition) is 2. The molecular weight excluding hydrogens is 226 g/mol. The second-order valence-corrected chi connectivity index (χ2v) is 5.20. The maximum atomic E-state index is 12.5. The van der Waals surface area contributed by atoms with E-state index < -0.39 is 5.41 Å². The monoisotopic (exact) mass is 247 g/mol. The Morgan fingerprint density at radius 2 is 2.22 bits per heavy atom. The third-order valence-corrected chi connectivity index (χ3v) is 4.21. The Kier molecular flexibility index (Phi) is 3.97. The first-order valence-electron chi connectivity index (χ1n) is 6.60. The molecule has 1 aromatic heterocycles. The minimum atomic E-state index is -0.401. The normalized spacial score (nSPS) is 27.8. The lowest BCUT2D eigenvalue weighted by molar-refractivity contribution is -0.129. The van der Waals surface area contributed by atoms with Gasteiger partial charge < -0.3 is 11.1 Å². The number of nitrogens with one attached hydrogen (secondary N) is 1. The van der Waals surface area contributed by atoms with Gasteiger partial charge in [-0.15, -0.1) is 0 Å². The predicted molar refractivity (Wildman–Crippen MR) is 72.0 cm³/mol. The molecule has 98 valence electrons. The standard InChI is InChI=1S/C14H21N3O/c1-11-4-2-3-7-14(11,10-15)13(18)17-12-5-8-16-9-6-12/h5-6,8-9,11H,2-4,7,10,15H2,1H3,(H,16,17,18). The summed E-state index contributed by atoms with van der Waals surface area (Å²) in [6, 6.07) is 3.60. The zero-order valence-corrected chi connectivity index (χ0v) is 10.9. The summed E-state index contributed by atoms with van der Waals surface area (Å²) >= 11 is 0. The zero-order chi connectivity index (χ0) is 13.0. The molecule has 0 aromatic carbocycles. The van der Waals surface area contributed by atoms with Crippen LogP contribution < -0.4 is 11.1 Å². The molecule has 0 aliphatic heterocycles. The molecule has 1 aliphatic rings. The Morgan fingerprint density at radius 3 is 2.83 bits per heavy atom. The molecule has 0 bridgehead atoms. The van der Waals surface area contributed by atoms with Crippen molar-refractivity contribution in [3.63, 3.8) is 0 Å². The van der Waals surface area contributed by atoms with E-state index in [0.29, 0.717) is 12.5 Å². The summed E-state index contributed by atoms with van der Waals surface area (Å²) in [4.78, 5) is 16.5. The van der Waals surface area contributed by atoms with Crippen molar-refractivity contribution in [3.05, 3.63) is 24.5 Å². The lowest BCUT2D eigenvalue weighted by atomic mass is 9.66.